The molecule has 0 radical (unpaired) electrons. The van der Waals surface area contributed by atoms with Gasteiger partial charge < -0.3 is 5.11 Å². The zero-order chi connectivity index (χ0) is 13.1. The van der Waals surface area contributed by atoms with E-state index in [1.807, 2.05) is 41.9 Å². The number of thiazole rings is 1. The van der Waals surface area contributed by atoms with E-state index < -0.39 is 0 Å². The fourth-order valence-corrected chi connectivity index (χ4v) is 2.41. The van der Waals surface area contributed by atoms with Crippen LogP contribution in [0, 0.1) is 0 Å². The summed E-state index contributed by atoms with van der Waals surface area (Å²) in [6.07, 6.45) is 1.86. The lowest BCUT2D eigenvalue weighted by atomic mass is 10.2. The normalized spacial score (nSPS) is 10.3. The van der Waals surface area contributed by atoms with Gasteiger partial charge in [-0.1, -0.05) is 17.4 Å². The van der Waals surface area contributed by atoms with Gasteiger partial charge in [0.05, 0.1) is 11.9 Å². The van der Waals surface area contributed by atoms with Crippen molar-refractivity contribution in [1.29, 1.82) is 0 Å². The van der Waals surface area contributed by atoms with Crippen LogP contribution >= 0.6 is 11.3 Å². The van der Waals surface area contributed by atoms with E-state index in [0.717, 1.165) is 22.2 Å². The first-order chi connectivity index (χ1) is 9.31. The summed E-state index contributed by atoms with van der Waals surface area (Å²) < 4.78 is 0. The number of nitrogens with zero attached hydrogens (tertiary/aromatic N) is 1. The van der Waals surface area contributed by atoms with Gasteiger partial charge in [0.15, 0.2) is 0 Å². The second-order valence-electron chi connectivity index (χ2n) is 3.99. The SMILES string of the molecule is Oc1ccc(-c2csc(Nc3cccc[nH+]3)n2)cc1. The number of pyridine rings is 1. The van der Waals surface area contributed by atoms with Crippen molar-refractivity contribution < 1.29 is 10.1 Å². The molecule has 0 aliphatic carbocycles. The van der Waals surface area contributed by atoms with Crippen LogP contribution in [0.3, 0.4) is 0 Å². The zero-order valence-electron chi connectivity index (χ0n) is 10.00. The van der Waals surface area contributed by atoms with Gasteiger partial charge in [-0.3, -0.25) is 0 Å². The molecule has 4 nitrogen and oxygen atoms in total. The Morgan fingerprint density at radius 3 is 2.68 bits per heavy atom. The second kappa shape index (κ2) is 5.07. The number of aromatic hydroxyl groups is 1. The average molecular weight is 270 g/mol. The number of nitrogens with one attached hydrogen (secondary N) is 2. The first-order valence-corrected chi connectivity index (χ1v) is 6.68. The summed E-state index contributed by atoms with van der Waals surface area (Å²) in [7, 11) is 0. The number of hydrogen-bond acceptors (Lipinski definition) is 4. The molecule has 19 heavy (non-hydrogen) atoms. The predicted molar refractivity (Wildman–Crippen MR) is 75.5 cm³/mol. The number of aromatic amines is 1. The molecular formula is C14H12N3OS+. The molecule has 0 unspecified atom stereocenters. The topological polar surface area (TPSA) is 59.3 Å². The van der Waals surface area contributed by atoms with Crippen LogP contribution in [0.5, 0.6) is 5.75 Å². The molecule has 3 aromatic rings. The summed E-state index contributed by atoms with van der Waals surface area (Å²) in [6.45, 7) is 0. The molecule has 5 heteroatoms. The minimum atomic E-state index is 0.260. The number of rotatable bonds is 3. The van der Waals surface area contributed by atoms with Crippen molar-refractivity contribution in [1.82, 2.24) is 4.98 Å². The number of phenols is 1. The Labute approximate surface area is 114 Å². The highest BCUT2D eigenvalue weighted by atomic mass is 32.1. The molecule has 2 aromatic heterocycles. The molecule has 2 heterocycles. The first kappa shape index (κ1) is 11.7. The molecule has 0 spiro atoms. The third-order valence-corrected chi connectivity index (χ3v) is 3.38. The van der Waals surface area contributed by atoms with Crippen LogP contribution in [-0.2, 0) is 0 Å². The highest BCUT2D eigenvalue weighted by Gasteiger charge is 2.09. The molecule has 1 aromatic carbocycles. The number of phenolic OH excluding ortho intramolecular Hbond substituents is 1. The van der Waals surface area contributed by atoms with Gasteiger partial charge in [-0.25, -0.2) is 10.3 Å². The fourth-order valence-electron chi connectivity index (χ4n) is 1.68. The van der Waals surface area contributed by atoms with Gasteiger partial charge in [0, 0.05) is 17.0 Å². The van der Waals surface area contributed by atoms with Gasteiger partial charge in [0.25, 0.3) is 10.9 Å². The minimum absolute atomic E-state index is 0.260. The summed E-state index contributed by atoms with van der Waals surface area (Å²) in [5.74, 6) is 1.16. The largest absolute Gasteiger partial charge is 0.508 e. The van der Waals surface area contributed by atoms with Crippen molar-refractivity contribution in [2.45, 2.75) is 0 Å². The minimum Gasteiger partial charge on any atom is -0.508 e. The fraction of sp³-hybridized carbons (Fsp3) is 0. The van der Waals surface area contributed by atoms with Crippen LogP contribution in [0.4, 0.5) is 10.9 Å². The van der Waals surface area contributed by atoms with Gasteiger partial charge in [-0.15, -0.1) is 0 Å². The Morgan fingerprint density at radius 1 is 1.11 bits per heavy atom. The summed E-state index contributed by atoms with van der Waals surface area (Å²) in [5.41, 5.74) is 1.88. The smallest absolute Gasteiger partial charge is 0.279 e. The maximum atomic E-state index is 9.27. The van der Waals surface area contributed by atoms with Gasteiger partial charge in [-0.05, 0) is 30.3 Å². The highest BCUT2D eigenvalue weighted by molar-refractivity contribution is 7.14. The number of anilines is 2. The van der Waals surface area contributed by atoms with Gasteiger partial charge in [0.2, 0.25) is 0 Å². The average Bonchev–Trinajstić information content (AvgIpc) is 2.89. The molecule has 3 N–H and O–H groups in total. The molecule has 0 bridgehead atoms. The molecule has 0 aliphatic rings. The Bertz CT molecular complexity index is 665. The number of H-pyrrole nitrogens is 1. The van der Waals surface area contributed by atoms with E-state index in [0.29, 0.717) is 0 Å². The van der Waals surface area contributed by atoms with Crippen molar-refractivity contribution in [3.05, 3.63) is 54.0 Å². The third kappa shape index (κ3) is 2.71. The number of hydrogen-bond donors (Lipinski definition) is 2. The van der Waals surface area contributed by atoms with E-state index in [4.69, 9.17) is 0 Å². The van der Waals surface area contributed by atoms with Gasteiger partial charge in [0.1, 0.15) is 5.75 Å². The summed E-state index contributed by atoms with van der Waals surface area (Å²) in [5, 5.41) is 15.3. The Morgan fingerprint density at radius 2 is 1.95 bits per heavy atom. The number of aromatic nitrogens is 2. The lowest BCUT2D eigenvalue weighted by molar-refractivity contribution is -0.360. The monoisotopic (exact) mass is 270 g/mol. The lowest BCUT2D eigenvalue weighted by Crippen LogP contribution is -2.07. The molecule has 0 fully saturated rings. The predicted octanol–water partition coefficient (Wildman–Crippen LogP) is 3.07. The van der Waals surface area contributed by atoms with E-state index in [2.05, 4.69) is 15.3 Å². The van der Waals surface area contributed by atoms with Crippen LogP contribution in [0.15, 0.2) is 54.0 Å². The van der Waals surface area contributed by atoms with E-state index in [9.17, 15) is 5.11 Å². The van der Waals surface area contributed by atoms with E-state index in [1.54, 1.807) is 12.1 Å². The van der Waals surface area contributed by atoms with Crippen molar-refractivity contribution in [2.24, 2.45) is 0 Å². The van der Waals surface area contributed by atoms with Crippen molar-refractivity contribution in [3.63, 3.8) is 0 Å². The summed E-state index contributed by atoms with van der Waals surface area (Å²) in [4.78, 5) is 7.61. The molecule has 0 amide bonds. The van der Waals surface area contributed by atoms with Crippen molar-refractivity contribution in [2.75, 3.05) is 5.32 Å². The lowest BCUT2D eigenvalue weighted by Gasteiger charge is -1.96. The maximum absolute atomic E-state index is 9.27. The molecule has 0 saturated heterocycles. The molecule has 0 aliphatic heterocycles. The maximum Gasteiger partial charge on any atom is 0.279 e. The van der Waals surface area contributed by atoms with E-state index in [-0.39, 0.29) is 5.75 Å². The van der Waals surface area contributed by atoms with Crippen LogP contribution in [0.25, 0.3) is 11.3 Å². The van der Waals surface area contributed by atoms with Crippen LogP contribution in [0.2, 0.25) is 0 Å². The quantitative estimate of drug-likeness (QED) is 0.769. The van der Waals surface area contributed by atoms with Gasteiger partial charge in [-0.2, -0.15) is 4.98 Å². The standard InChI is InChI=1S/C14H11N3OS/c18-11-6-4-10(5-7-11)12-9-19-14(16-12)17-13-3-1-2-8-15-13/h1-9,18H,(H,15,16,17)/p+1. The van der Waals surface area contributed by atoms with Crippen LogP contribution < -0.4 is 10.3 Å². The van der Waals surface area contributed by atoms with Crippen LogP contribution in [-0.4, -0.2) is 10.1 Å². The Kier molecular flexibility index (Phi) is 3.12. The second-order valence-corrected chi connectivity index (χ2v) is 4.84. The molecule has 3 rings (SSSR count). The summed E-state index contributed by atoms with van der Waals surface area (Å²) in [6, 6.07) is 12.8. The molecule has 0 atom stereocenters. The zero-order valence-corrected chi connectivity index (χ0v) is 10.8. The van der Waals surface area contributed by atoms with E-state index >= 15 is 0 Å². The van der Waals surface area contributed by atoms with Crippen molar-refractivity contribution >= 4 is 22.3 Å². The summed E-state index contributed by atoms with van der Waals surface area (Å²) >= 11 is 1.54. The molecule has 0 saturated carbocycles. The Hall–Kier alpha value is -2.40. The van der Waals surface area contributed by atoms with E-state index in [1.165, 1.54) is 11.3 Å². The first-order valence-electron chi connectivity index (χ1n) is 5.80. The molecular weight excluding hydrogens is 258 g/mol. The highest BCUT2D eigenvalue weighted by Crippen LogP contribution is 2.27. The van der Waals surface area contributed by atoms with Gasteiger partial charge >= 0.3 is 0 Å². The number of benzene rings is 1. The molecule has 94 valence electrons. The third-order valence-electron chi connectivity index (χ3n) is 2.62. The Balaban J connectivity index is 1.82. The van der Waals surface area contributed by atoms with Crippen LogP contribution in [0.1, 0.15) is 0 Å². The van der Waals surface area contributed by atoms with Crippen molar-refractivity contribution in [3.8, 4) is 17.0 Å².